The van der Waals surface area contributed by atoms with Crippen LogP contribution in [0.5, 0.6) is 11.5 Å². The molecule has 0 saturated carbocycles. The predicted octanol–water partition coefficient (Wildman–Crippen LogP) is 5.24. The molecule has 0 bridgehead atoms. The number of hydrogen-bond donors (Lipinski definition) is 1. The summed E-state index contributed by atoms with van der Waals surface area (Å²) < 4.78 is 35.0. The quantitative estimate of drug-likeness (QED) is 0.528. The average Bonchev–Trinajstić information content (AvgIpc) is 2.91. The molecule has 212 valence electrons. The summed E-state index contributed by atoms with van der Waals surface area (Å²) in [5.41, 5.74) is 3.16. The van der Waals surface area contributed by atoms with E-state index in [4.69, 9.17) is 14.6 Å². The largest absolute Gasteiger partial charge is 0.493 e. The summed E-state index contributed by atoms with van der Waals surface area (Å²) in [5.74, 6) is 0.525. The number of hydrogen-bond acceptors (Lipinski definition) is 7. The minimum atomic E-state index is -3.88. The lowest BCUT2D eigenvalue weighted by atomic mass is 9.62. The number of nitrogens with two attached hydrogens (primary N) is 1. The van der Waals surface area contributed by atoms with Crippen LogP contribution in [0.15, 0.2) is 69.9 Å². The van der Waals surface area contributed by atoms with Gasteiger partial charge in [0, 0.05) is 45.0 Å². The first-order valence-corrected chi connectivity index (χ1v) is 15.0. The molecule has 0 aromatic heterocycles. The van der Waals surface area contributed by atoms with Crippen LogP contribution in [0, 0.1) is 10.8 Å². The Morgan fingerprint density at radius 3 is 1.75 bits per heavy atom. The number of sulfonamides is 1. The molecule has 2 aliphatic carbocycles. The van der Waals surface area contributed by atoms with E-state index in [1.165, 1.54) is 12.1 Å². The Morgan fingerprint density at radius 2 is 1.30 bits per heavy atom. The SMILES string of the molecule is COc1ccc(C2C3=C(CCC(C)(C)C3=O)N(c3ccc(S(N)(=O)=O)cc3)C3=C2C(=O)C(C)(C)CC3)cc1OC. The normalized spacial score (nSPS) is 20.8. The number of allylic oxidation sites excluding steroid dienone is 4. The number of carbonyl (C=O) groups is 2. The minimum Gasteiger partial charge on any atom is -0.493 e. The van der Waals surface area contributed by atoms with E-state index in [1.54, 1.807) is 26.4 Å². The van der Waals surface area contributed by atoms with Crippen molar-refractivity contribution in [3.05, 3.63) is 70.6 Å². The fourth-order valence-corrected chi connectivity index (χ4v) is 6.69. The standard InChI is InChI=1S/C31H36N2O6S/c1-30(2)15-13-21-26(28(30)34)25(18-7-12-23(38-5)24(17-18)39-6)27-22(14-16-31(3,4)29(27)35)33(21)19-8-10-20(11-9-19)40(32,36)37/h7-12,17,25H,13-16H2,1-6H3,(H2,32,36,37). The highest BCUT2D eigenvalue weighted by Crippen LogP contribution is 2.55. The number of anilines is 1. The third-order valence-electron chi connectivity index (χ3n) is 8.60. The van der Waals surface area contributed by atoms with Gasteiger partial charge in [0.25, 0.3) is 0 Å². The van der Waals surface area contributed by atoms with E-state index in [0.717, 1.165) is 17.0 Å². The van der Waals surface area contributed by atoms with E-state index < -0.39 is 26.8 Å². The molecule has 1 aliphatic heterocycles. The van der Waals surface area contributed by atoms with E-state index >= 15 is 0 Å². The first-order valence-electron chi connectivity index (χ1n) is 13.4. The third kappa shape index (κ3) is 4.45. The molecule has 8 nitrogen and oxygen atoms in total. The number of nitrogens with zero attached hydrogens (tertiary/aromatic N) is 1. The van der Waals surface area contributed by atoms with Gasteiger partial charge in [-0.3, -0.25) is 9.59 Å². The lowest BCUT2D eigenvalue weighted by Gasteiger charge is -2.48. The zero-order valence-corrected chi connectivity index (χ0v) is 24.6. The van der Waals surface area contributed by atoms with Gasteiger partial charge in [-0.15, -0.1) is 0 Å². The second-order valence-corrected chi connectivity index (χ2v) is 13.6. The Hall–Kier alpha value is -3.43. The van der Waals surface area contributed by atoms with Crippen LogP contribution in [0.3, 0.4) is 0 Å². The molecule has 3 aliphatic rings. The van der Waals surface area contributed by atoms with Gasteiger partial charge in [0.15, 0.2) is 23.1 Å². The zero-order valence-electron chi connectivity index (χ0n) is 23.8. The van der Waals surface area contributed by atoms with Crippen molar-refractivity contribution in [1.29, 1.82) is 0 Å². The molecule has 0 saturated heterocycles. The van der Waals surface area contributed by atoms with E-state index in [1.807, 2.05) is 50.8 Å². The molecule has 2 N–H and O–H groups in total. The molecule has 0 spiro atoms. The Labute approximate surface area is 235 Å². The molecule has 9 heteroatoms. The molecule has 0 unspecified atom stereocenters. The summed E-state index contributed by atoms with van der Waals surface area (Å²) in [6, 6.07) is 11.9. The van der Waals surface area contributed by atoms with E-state index in [-0.39, 0.29) is 16.5 Å². The van der Waals surface area contributed by atoms with E-state index in [9.17, 15) is 18.0 Å². The van der Waals surface area contributed by atoms with E-state index in [2.05, 4.69) is 0 Å². The monoisotopic (exact) mass is 564 g/mol. The maximum atomic E-state index is 14.3. The topological polar surface area (TPSA) is 116 Å². The van der Waals surface area contributed by atoms with Gasteiger partial charge in [-0.2, -0.15) is 0 Å². The van der Waals surface area contributed by atoms with Crippen molar-refractivity contribution in [2.24, 2.45) is 16.0 Å². The van der Waals surface area contributed by atoms with Gasteiger partial charge in [0.2, 0.25) is 10.0 Å². The summed E-state index contributed by atoms with van der Waals surface area (Å²) in [5, 5.41) is 5.35. The van der Waals surface area contributed by atoms with Crippen LogP contribution in [0.25, 0.3) is 0 Å². The first kappa shape index (κ1) is 28.1. The van der Waals surface area contributed by atoms with Crippen LogP contribution >= 0.6 is 0 Å². The molecule has 1 heterocycles. The first-order chi connectivity index (χ1) is 18.7. The summed E-state index contributed by atoms with van der Waals surface area (Å²) in [6.45, 7) is 7.80. The summed E-state index contributed by atoms with van der Waals surface area (Å²) in [4.78, 5) is 30.6. The number of primary sulfonamides is 1. The van der Waals surface area contributed by atoms with Crippen molar-refractivity contribution >= 4 is 27.3 Å². The lowest BCUT2D eigenvalue weighted by molar-refractivity contribution is -0.125. The van der Waals surface area contributed by atoms with Crippen LogP contribution < -0.4 is 19.5 Å². The highest BCUT2D eigenvalue weighted by atomic mass is 32.2. The zero-order chi connectivity index (χ0) is 29.2. The third-order valence-corrected chi connectivity index (χ3v) is 9.52. The minimum absolute atomic E-state index is 0.00146. The molecule has 0 fully saturated rings. The molecule has 2 aromatic carbocycles. The Bertz CT molecular complexity index is 1530. The predicted molar refractivity (Wildman–Crippen MR) is 153 cm³/mol. The Balaban J connectivity index is 1.82. The maximum absolute atomic E-state index is 14.3. The van der Waals surface area contributed by atoms with Gasteiger partial charge in [-0.05, 0) is 67.6 Å². The summed E-state index contributed by atoms with van der Waals surface area (Å²) in [6.07, 6.45) is 2.56. The Kier molecular flexibility index (Phi) is 6.74. The molecule has 5 rings (SSSR count). The number of carbonyl (C=O) groups excluding carboxylic acids is 2. The van der Waals surface area contributed by atoms with Gasteiger partial charge in [-0.1, -0.05) is 33.8 Å². The van der Waals surface area contributed by atoms with Crippen molar-refractivity contribution in [3.8, 4) is 11.5 Å². The fraction of sp³-hybridized carbons (Fsp3) is 0.419. The summed E-state index contributed by atoms with van der Waals surface area (Å²) in [7, 11) is -0.743. The second-order valence-electron chi connectivity index (χ2n) is 12.1. The van der Waals surface area contributed by atoms with Crippen LogP contribution in [-0.4, -0.2) is 34.2 Å². The van der Waals surface area contributed by atoms with Crippen molar-refractivity contribution < 1.29 is 27.5 Å². The van der Waals surface area contributed by atoms with Crippen LogP contribution in [0.4, 0.5) is 5.69 Å². The molecule has 0 atom stereocenters. The average molecular weight is 565 g/mol. The van der Waals surface area contributed by atoms with Gasteiger partial charge in [0.05, 0.1) is 19.1 Å². The van der Waals surface area contributed by atoms with Crippen molar-refractivity contribution in [3.63, 3.8) is 0 Å². The van der Waals surface area contributed by atoms with Gasteiger partial charge < -0.3 is 14.4 Å². The van der Waals surface area contributed by atoms with Gasteiger partial charge in [0.1, 0.15) is 0 Å². The molecular formula is C31H36N2O6S. The van der Waals surface area contributed by atoms with E-state index in [0.29, 0.717) is 54.0 Å². The maximum Gasteiger partial charge on any atom is 0.238 e. The molecule has 0 amide bonds. The Morgan fingerprint density at radius 1 is 0.800 bits per heavy atom. The number of benzene rings is 2. The number of ether oxygens (including phenoxy) is 2. The van der Waals surface area contributed by atoms with Gasteiger partial charge in [-0.25, -0.2) is 13.6 Å². The smallest absolute Gasteiger partial charge is 0.238 e. The van der Waals surface area contributed by atoms with Crippen molar-refractivity contribution in [2.75, 3.05) is 19.1 Å². The van der Waals surface area contributed by atoms with Crippen molar-refractivity contribution in [2.45, 2.75) is 64.2 Å². The highest BCUT2D eigenvalue weighted by Gasteiger charge is 2.51. The number of ketones is 2. The molecule has 2 aromatic rings. The molecular weight excluding hydrogens is 528 g/mol. The number of rotatable bonds is 5. The lowest BCUT2D eigenvalue weighted by Crippen LogP contribution is -2.46. The van der Waals surface area contributed by atoms with Crippen molar-refractivity contribution in [1.82, 2.24) is 0 Å². The second kappa shape index (κ2) is 9.59. The number of Topliss-reactive ketones (excluding diaryl/α,β-unsaturated/α-hetero) is 2. The molecule has 40 heavy (non-hydrogen) atoms. The fourth-order valence-electron chi connectivity index (χ4n) is 6.18. The number of methoxy groups -OCH3 is 2. The van der Waals surface area contributed by atoms with Crippen LogP contribution in [0.2, 0.25) is 0 Å². The van der Waals surface area contributed by atoms with Crippen LogP contribution in [0.1, 0.15) is 64.9 Å². The van der Waals surface area contributed by atoms with Gasteiger partial charge >= 0.3 is 0 Å². The summed E-state index contributed by atoms with van der Waals surface area (Å²) >= 11 is 0. The highest BCUT2D eigenvalue weighted by molar-refractivity contribution is 7.89. The molecule has 0 radical (unpaired) electrons. The van der Waals surface area contributed by atoms with Crippen LogP contribution in [-0.2, 0) is 19.6 Å².